The maximum atomic E-state index is 4.92. The first-order chi connectivity index (χ1) is 22.2. The number of aromatic nitrogens is 1. The summed E-state index contributed by atoms with van der Waals surface area (Å²) in [4.78, 5) is 8.41. The zero-order chi connectivity index (χ0) is 30.5. The SMILES string of the molecule is C=CC=C(CC)c1cc(-c2ccncc2)cc(-c2cccc3c2S(=C)c2c-3cccc2C2C=CC=C3c4ccccc4SC32)c1. The molecular formula is C42H33NS2. The Morgan fingerprint density at radius 2 is 1.56 bits per heavy atom. The predicted molar refractivity (Wildman–Crippen MR) is 196 cm³/mol. The molecule has 0 radical (unpaired) electrons. The van der Waals surface area contributed by atoms with Gasteiger partial charge in [-0.05, 0) is 104 Å². The van der Waals surface area contributed by atoms with E-state index in [2.05, 4.69) is 134 Å². The van der Waals surface area contributed by atoms with Crippen LogP contribution in [-0.2, 0) is 0 Å². The molecule has 218 valence electrons. The number of allylic oxidation sites excluding steroid dienone is 6. The van der Waals surface area contributed by atoms with Gasteiger partial charge in [-0.2, -0.15) is 0 Å². The largest absolute Gasteiger partial charge is 0.265 e. The van der Waals surface area contributed by atoms with Gasteiger partial charge in [-0.15, -0.1) is 22.2 Å². The van der Waals surface area contributed by atoms with Gasteiger partial charge in [0.25, 0.3) is 0 Å². The first-order valence-electron chi connectivity index (χ1n) is 15.5. The van der Waals surface area contributed by atoms with E-state index in [0.717, 1.165) is 12.0 Å². The zero-order valence-corrected chi connectivity index (χ0v) is 26.9. The minimum atomic E-state index is -0.333. The van der Waals surface area contributed by atoms with Crippen molar-refractivity contribution in [2.75, 3.05) is 0 Å². The third kappa shape index (κ3) is 4.65. The number of hydrogen-bond donors (Lipinski definition) is 0. The molecule has 3 unspecified atom stereocenters. The summed E-state index contributed by atoms with van der Waals surface area (Å²) in [7, 11) is -0.333. The molecule has 45 heavy (non-hydrogen) atoms. The lowest BCUT2D eigenvalue weighted by molar-refractivity contribution is 0.869. The van der Waals surface area contributed by atoms with Crippen LogP contribution in [0.5, 0.6) is 0 Å². The molecule has 2 aliphatic heterocycles. The second-order valence-corrected chi connectivity index (χ2v) is 14.5. The molecule has 1 nitrogen and oxygen atoms in total. The molecule has 0 bridgehead atoms. The van der Waals surface area contributed by atoms with Crippen molar-refractivity contribution in [3.63, 3.8) is 0 Å². The molecule has 0 spiro atoms. The van der Waals surface area contributed by atoms with Gasteiger partial charge in [0, 0.05) is 38.2 Å². The van der Waals surface area contributed by atoms with Gasteiger partial charge in [0.1, 0.15) is 0 Å². The summed E-state index contributed by atoms with van der Waals surface area (Å²) in [5.41, 5.74) is 14.2. The van der Waals surface area contributed by atoms with Crippen LogP contribution in [0.3, 0.4) is 0 Å². The summed E-state index contributed by atoms with van der Waals surface area (Å²) in [6.07, 6.45) is 15.7. The van der Waals surface area contributed by atoms with E-state index >= 15 is 0 Å². The van der Waals surface area contributed by atoms with E-state index in [-0.39, 0.29) is 10.5 Å². The minimum Gasteiger partial charge on any atom is -0.265 e. The fourth-order valence-electron chi connectivity index (χ4n) is 7.15. The molecule has 1 aromatic heterocycles. The van der Waals surface area contributed by atoms with Gasteiger partial charge < -0.3 is 0 Å². The molecule has 1 aliphatic carbocycles. The Bertz CT molecular complexity index is 2110. The standard InChI is InChI=1S/C42H33NS2/c1-4-11-27(5-2)29-24-30(28-20-22-43-23-21-28)26-31(25-29)32-13-8-17-37-38-18-10-16-36(42(38)45(3)41(32)37)35-15-9-14-34-33-12-6-7-19-39(33)44-40(34)35/h4,6-26,35,40H,1,3,5H2,2H3. The summed E-state index contributed by atoms with van der Waals surface area (Å²) < 4.78 is 0. The van der Waals surface area contributed by atoms with Crippen LogP contribution in [0.4, 0.5) is 0 Å². The second-order valence-electron chi connectivity index (χ2n) is 11.7. The van der Waals surface area contributed by atoms with Gasteiger partial charge in [-0.25, -0.2) is 0 Å². The fourth-order valence-corrected chi connectivity index (χ4v) is 10.6. The van der Waals surface area contributed by atoms with Gasteiger partial charge in [0.05, 0.1) is 0 Å². The molecule has 0 N–H and O–H groups in total. The Kier molecular flexibility index (Phi) is 7.16. The molecular weight excluding hydrogens is 583 g/mol. The van der Waals surface area contributed by atoms with E-state index in [1.807, 2.05) is 30.2 Å². The molecule has 3 heteroatoms. The van der Waals surface area contributed by atoms with E-state index in [4.69, 9.17) is 5.87 Å². The normalized spacial score (nSPS) is 19.4. The number of fused-ring (bicyclic) bond motifs is 6. The highest BCUT2D eigenvalue weighted by Crippen LogP contribution is 2.60. The van der Waals surface area contributed by atoms with Crippen LogP contribution >= 0.6 is 22.2 Å². The minimum absolute atomic E-state index is 0.296. The van der Waals surface area contributed by atoms with E-state index in [1.54, 1.807) is 0 Å². The van der Waals surface area contributed by atoms with Crippen molar-refractivity contribution >= 4 is 39.3 Å². The highest BCUT2D eigenvalue weighted by Gasteiger charge is 2.37. The Balaban J connectivity index is 1.26. The topological polar surface area (TPSA) is 12.9 Å². The first kappa shape index (κ1) is 28.1. The van der Waals surface area contributed by atoms with Crippen LogP contribution in [0.2, 0.25) is 0 Å². The van der Waals surface area contributed by atoms with Crippen LogP contribution in [-0.4, -0.2) is 16.1 Å². The van der Waals surface area contributed by atoms with E-state index in [0.29, 0.717) is 11.2 Å². The number of rotatable bonds is 6. The number of hydrogen-bond acceptors (Lipinski definition) is 2. The van der Waals surface area contributed by atoms with Crippen molar-refractivity contribution in [3.8, 4) is 33.4 Å². The van der Waals surface area contributed by atoms with Gasteiger partial charge in [0.15, 0.2) is 0 Å². The predicted octanol–water partition coefficient (Wildman–Crippen LogP) is 11.7. The third-order valence-corrected chi connectivity index (χ3v) is 12.5. The van der Waals surface area contributed by atoms with Crippen molar-refractivity contribution in [1.82, 2.24) is 4.98 Å². The Morgan fingerprint density at radius 3 is 2.38 bits per heavy atom. The summed E-state index contributed by atoms with van der Waals surface area (Å²) in [6.45, 7) is 6.20. The molecule has 3 atom stereocenters. The first-order valence-corrected chi connectivity index (χ1v) is 17.8. The Hall–Kier alpha value is -4.44. The van der Waals surface area contributed by atoms with Crippen LogP contribution in [0.1, 0.15) is 36.0 Å². The highest BCUT2D eigenvalue weighted by atomic mass is 32.2. The molecule has 0 fully saturated rings. The van der Waals surface area contributed by atoms with Crippen LogP contribution in [0, 0.1) is 0 Å². The molecule has 5 aromatic rings. The second kappa shape index (κ2) is 11.5. The maximum Gasteiger partial charge on any atom is 0.0454 e. The van der Waals surface area contributed by atoms with E-state index in [9.17, 15) is 0 Å². The number of thioether (sulfide) groups is 1. The lowest BCUT2D eigenvalue weighted by Gasteiger charge is -2.27. The van der Waals surface area contributed by atoms with Crippen molar-refractivity contribution in [3.05, 3.63) is 157 Å². The number of benzene rings is 4. The number of nitrogens with zero attached hydrogens (tertiary/aromatic N) is 1. The molecule has 3 aliphatic rings. The van der Waals surface area contributed by atoms with E-state index in [1.165, 1.54) is 70.3 Å². The molecule has 0 saturated carbocycles. The van der Waals surface area contributed by atoms with Crippen LogP contribution in [0.25, 0.3) is 44.5 Å². The quantitative estimate of drug-likeness (QED) is 0.137. The highest BCUT2D eigenvalue weighted by molar-refractivity contribution is 8.14. The molecule has 0 amide bonds. The van der Waals surface area contributed by atoms with Crippen molar-refractivity contribution in [1.29, 1.82) is 0 Å². The number of pyridine rings is 1. The van der Waals surface area contributed by atoms with Gasteiger partial charge >= 0.3 is 0 Å². The summed E-state index contributed by atoms with van der Waals surface area (Å²) in [6, 6.07) is 33.8. The average molecular weight is 616 g/mol. The summed E-state index contributed by atoms with van der Waals surface area (Å²) >= 11 is 2.01. The fraction of sp³-hybridized carbons (Fsp3) is 0.0952. The third-order valence-electron chi connectivity index (χ3n) is 9.21. The van der Waals surface area contributed by atoms with Crippen molar-refractivity contribution in [2.24, 2.45) is 0 Å². The molecule has 4 aromatic carbocycles. The molecule has 8 rings (SSSR count). The Morgan fingerprint density at radius 1 is 0.822 bits per heavy atom. The zero-order valence-electron chi connectivity index (χ0n) is 25.2. The summed E-state index contributed by atoms with van der Waals surface area (Å²) in [5.74, 6) is 5.22. The lowest BCUT2D eigenvalue weighted by atomic mass is 9.84. The smallest absolute Gasteiger partial charge is 0.0454 e. The average Bonchev–Trinajstić information content (AvgIpc) is 3.62. The van der Waals surface area contributed by atoms with Gasteiger partial charge in [-0.1, -0.05) is 104 Å². The molecule has 3 heterocycles. The maximum absolute atomic E-state index is 4.92. The van der Waals surface area contributed by atoms with E-state index < -0.39 is 0 Å². The van der Waals surface area contributed by atoms with Crippen LogP contribution < -0.4 is 0 Å². The van der Waals surface area contributed by atoms with Gasteiger partial charge in [-0.3, -0.25) is 4.98 Å². The van der Waals surface area contributed by atoms with Crippen molar-refractivity contribution in [2.45, 2.75) is 39.2 Å². The Labute approximate surface area is 272 Å². The monoisotopic (exact) mass is 615 g/mol. The molecule has 0 saturated heterocycles. The lowest BCUT2D eigenvalue weighted by Crippen LogP contribution is -2.15. The van der Waals surface area contributed by atoms with Gasteiger partial charge in [0.2, 0.25) is 0 Å². The van der Waals surface area contributed by atoms with Crippen LogP contribution in [0.15, 0.2) is 155 Å². The van der Waals surface area contributed by atoms with Crippen molar-refractivity contribution < 1.29 is 0 Å². The summed E-state index contributed by atoms with van der Waals surface area (Å²) in [5, 5.41) is 0.378.